The van der Waals surface area contributed by atoms with Crippen LogP contribution in [0.2, 0.25) is 5.28 Å². The van der Waals surface area contributed by atoms with Crippen molar-refractivity contribution in [1.29, 1.82) is 0 Å². The first-order chi connectivity index (χ1) is 18.2. The third kappa shape index (κ3) is 4.97. The number of imidazole rings is 1. The number of anilines is 1. The van der Waals surface area contributed by atoms with Gasteiger partial charge in [0.25, 0.3) is 0 Å². The number of aliphatic hydroxyl groups excluding tert-OH is 2. The van der Waals surface area contributed by atoms with Crippen LogP contribution in [0.4, 0.5) is 5.82 Å². The average molecular weight is 584 g/mol. The Hall–Kier alpha value is -1.82. The van der Waals surface area contributed by atoms with E-state index in [-0.39, 0.29) is 34.2 Å². The maximum atomic E-state index is 12.2. The number of hydrogen-bond donors (Lipinski definition) is 5. The number of aliphatic hydroxyl groups is 2. The number of rotatable bonds is 8. The van der Waals surface area contributed by atoms with E-state index in [2.05, 4.69) is 34.1 Å². The summed E-state index contributed by atoms with van der Waals surface area (Å²) in [6, 6.07) is 0. The SMILES string of the molecule is C[C@]12CC3CC(Nc4nc(Cl)nc5c4ncn5C4OC(CCP(=O)(O)CC(=O)O)C(O)C4O)(C1)C[C@@](C)(C3)C2. The molecule has 5 aliphatic rings. The highest BCUT2D eigenvalue weighted by atomic mass is 35.5. The molecule has 214 valence electrons. The first-order valence-electron chi connectivity index (χ1n) is 13.4. The Bertz CT molecular complexity index is 1350. The lowest BCUT2D eigenvalue weighted by atomic mass is 9.43. The Morgan fingerprint density at radius 2 is 1.87 bits per heavy atom. The van der Waals surface area contributed by atoms with Gasteiger partial charge in [0, 0.05) is 11.7 Å². The normalized spacial score (nSPS) is 40.7. The minimum atomic E-state index is -3.96. The fourth-order valence-electron chi connectivity index (χ4n) is 8.82. The number of carboxylic acids is 1. The molecule has 2 aromatic rings. The van der Waals surface area contributed by atoms with Crippen LogP contribution in [0.15, 0.2) is 6.33 Å². The highest BCUT2D eigenvalue weighted by Crippen LogP contribution is 2.67. The highest BCUT2D eigenvalue weighted by Gasteiger charge is 2.60. The minimum absolute atomic E-state index is 0.00776. The van der Waals surface area contributed by atoms with E-state index in [0.29, 0.717) is 22.9 Å². The van der Waals surface area contributed by atoms with Gasteiger partial charge in [0.2, 0.25) is 12.7 Å². The molecule has 0 aromatic carbocycles. The second kappa shape index (κ2) is 9.09. The third-order valence-corrected chi connectivity index (χ3v) is 11.1. The molecule has 1 saturated heterocycles. The second-order valence-corrected chi connectivity index (χ2v) is 16.0. The van der Waals surface area contributed by atoms with Crippen LogP contribution in [0.5, 0.6) is 0 Å². The van der Waals surface area contributed by atoms with Crippen LogP contribution < -0.4 is 5.32 Å². The van der Waals surface area contributed by atoms with Crippen molar-refractivity contribution in [2.24, 2.45) is 16.7 Å². The molecule has 5 fully saturated rings. The molecule has 0 amide bonds. The maximum Gasteiger partial charge on any atom is 0.313 e. The van der Waals surface area contributed by atoms with Crippen molar-refractivity contribution in [2.75, 3.05) is 17.6 Å². The first kappa shape index (κ1) is 27.4. The molecule has 4 aliphatic carbocycles. The Morgan fingerprint density at radius 1 is 1.18 bits per heavy atom. The largest absolute Gasteiger partial charge is 0.481 e. The van der Waals surface area contributed by atoms with E-state index in [1.54, 1.807) is 0 Å². The van der Waals surface area contributed by atoms with Gasteiger partial charge >= 0.3 is 5.97 Å². The van der Waals surface area contributed by atoms with Crippen molar-refractivity contribution in [3.05, 3.63) is 11.6 Å². The van der Waals surface area contributed by atoms with Gasteiger partial charge in [-0.05, 0) is 73.3 Å². The first-order valence-corrected chi connectivity index (χ1v) is 15.8. The molecular weight excluding hydrogens is 549 g/mol. The molecular formula is C25H35ClN5O7P. The summed E-state index contributed by atoms with van der Waals surface area (Å²) >= 11 is 6.37. The van der Waals surface area contributed by atoms with Crippen molar-refractivity contribution in [3.63, 3.8) is 0 Å². The molecule has 0 spiro atoms. The zero-order chi connectivity index (χ0) is 28.0. The maximum absolute atomic E-state index is 12.2. The molecule has 0 radical (unpaired) electrons. The van der Waals surface area contributed by atoms with Gasteiger partial charge in [-0.15, -0.1) is 0 Å². The van der Waals surface area contributed by atoms with Gasteiger partial charge in [-0.3, -0.25) is 13.9 Å². The zero-order valence-electron chi connectivity index (χ0n) is 22.0. The van der Waals surface area contributed by atoms with Gasteiger partial charge in [0.1, 0.15) is 18.4 Å². The number of carboxylic acid groups (broad SMARTS) is 1. The molecule has 4 bridgehead atoms. The number of nitrogens with one attached hydrogen (secondary N) is 1. The van der Waals surface area contributed by atoms with Crippen molar-refractivity contribution >= 4 is 41.9 Å². The van der Waals surface area contributed by atoms with Gasteiger partial charge in [0.05, 0.1) is 12.4 Å². The summed E-state index contributed by atoms with van der Waals surface area (Å²) in [7, 11) is -3.96. The van der Waals surface area contributed by atoms with Crippen LogP contribution in [0, 0.1) is 16.7 Å². The molecule has 39 heavy (non-hydrogen) atoms. The van der Waals surface area contributed by atoms with Gasteiger partial charge in [0.15, 0.2) is 23.2 Å². The molecule has 1 aliphatic heterocycles. The van der Waals surface area contributed by atoms with Crippen LogP contribution in [-0.4, -0.2) is 81.9 Å². The molecule has 12 nitrogen and oxygen atoms in total. The van der Waals surface area contributed by atoms with E-state index in [1.807, 2.05) is 0 Å². The molecule has 14 heteroatoms. The highest BCUT2D eigenvalue weighted by molar-refractivity contribution is 7.58. The van der Waals surface area contributed by atoms with Crippen LogP contribution >= 0.6 is 19.0 Å². The van der Waals surface area contributed by atoms with Crippen LogP contribution in [0.25, 0.3) is 11.2 Å². The lowest BCUT2D eigenvalue weighted by Crippen LogP contribution is -2.61. The van der Waals surface area contributed by atoms with E-state index in [9.17, 15) is 24.5 Å². The summed E-state index contributed by atoms with van der Waals surface area (Å²) < 4.78 is 19.5. The average Bonchev–Trinajstić information content (AvgIpc) is 3.30. The summed E-state index contributed by atoms with van der Waals surface area (Å²) in [4.78, 5) is 34.2. The molecule has 9 atom stereocenters. The Morgan fingerprint density at radius 3 is 2.51 bits per heavy atom. The molecule has 2 aromatic heterocycles. The monoisotopic (exact) mass is 583 g/mol. The van der Waals surface area contributed by atoms with Crippen molar-refractivity contribution in [1.82, 2.24) is 19.5 Å². The van der Waals surface area contributed by atoms with Crippen molar-refractivity contribution < 1.29 is 34.3 Å². The van der Waals surface area contributed by atoms with Crippen molar-refractivity contribution in [3.8, 4) is 0 Å². The smallest absolute Gasteiger partial charge is 0.313 e. The Labute approximate surface area is 230 Å². The Kier molecular flexibility index (Phi) is 6.38. The van der Waals surface area contributed by atoms with Crippen LogP contribution in [0.1, 0.15) is 65.0 Å². The molecule has 4 saturated carbocycles. The van der Waals surface area contributed by atoms with Gasteiger partial charge in [-0.25, -0.2) is 4.98 Å². The predicted molar refractivity (Wildman–Crippen MR) is 142 cm³/mol. The van der Waals surface area contributed by atoms with E-state index in [0.717, 1.165) is 19.3 Å². The van der Waals surface area contributed by atoms with Crippen LogP contribution in [-0.2, 0) is 14.1 Å². The summed E-state index contributed by atoms with van der Waals surface area (Å²) in [5.74, 6) is -0.189. The van der Waals surface area contributed by atoms with Crippen LogP contribution in [0.3, 0.4) is 0 Å². The number of hydrogen-bond acceptors (Lipinski definition) is 9. The summed E-state index contributed by atoms with van der Waals surface area (Å²) in [6.07, 6.45) is 2.20. The number of halogens is 1. The summed E-state index contributed by atoms with van der Waals surface area (Å²) in [6.45, 7) is 4.78. The fourth-order valence-corrected chi connectivity index (χ4v) is 10.2. The number of fused-ring (bicyclic) bond motifs is 1. The van der Waals surface area contributed by atoms with Gasteiger partial charge < -0.3 is 30.3 Å². The number of carbonyl (C=O) groups is 1. The number of aliphatic carboxylic acids is 1. The lowest BCUT2D eigenvalue weighted by molar-refractivity contribution is -0.134. The van der Waals surface area contributed by atoms with E-state index in [4.69, 9.17) is 21.4 Å². The lowest BCUT2D eigenvalue weighted by Gasteiger charge is -2.65. The van der Waals surface area contributed by atoms with Gasteiger partial charge in [-0.1, -0.05) is 13.8 Å². The summed E-state index contributed by atoms with van der Waals surface area (Å²) in [5, 5.41) is 34.0. The van der Waals surface area contributed by atoms with Gasteiger partial charge in [-0.2, -0.15) is 9.97 Å². The third-order valence-electron chi connectivity index (χ3n) is 9.16. The topological polar surface area (TPSA) is 180 Å². The minimum Gasteiger partial charge on any atom is -0.481 e. The molecule has 7 unspecified atom stereocenters. The molecule has 3 heterocycles. The van der Waals surface area contributed by atoms with E-state index < -0.39 is 44.0 Å². The number of ether oxygens (including phenoxy) is 1. The standard InChI is InChI=1S/C25H35ClN5O7P/c1-23-5-13-6-24(2,9-23)11-25(7-13,10-23)30-19-16-20(29-22(26)28-19)31(12-27-16)21-18(35)17(34)14(38-21)3-4-39(36,37)8-15(32)33/h12-14,17-18,21,34-35H,3-11H2,1-2H3,(H,32,33)(H,36,37)(H,28,29,30)/t13?,14?,17?,18?,21?,23-,24+,25?. The zero-order valence-corrected chi connectivity index (χ0v) is 23.6. The summed E-state index contributed by atoms with van der Waals surface area (Å²) in [5.41, 5.74) is 1.25. The Balaban J connectivity index is 1.26. The molecule has 7 rings (SSSR count). The van der Waals surface area contributed by atoms with E-state index in [1.165, 1.54) is 30.2 Å². The quantitative estimate of drug-likeness (QED) is 0.228. The van der Waals surface area contributed by atoms with Crippen molar-refractivity contribution in [2.45, 2.75) is 88.9 Å². The number of aromatic nitrogens is 4. The predicted octanol–water partition coefficient (Wildman–Crippen LogP) is 3.00. The fraction of sp³-hybridized carbons (Fsp3) is 0.760. The number of nitrogens with zero attached hydrogens (tertiary/aromatic N) is 4. The van der Waals surface area contributed by atoms with E-state index >= 15 is 0 Å². The second-order valence-electron chi connectivity index (χ2n) is 13.2. The molecule has 5 N–H and O–H groups in total.